The molecule has 5 rings (SSSR count). The Morgan fingerprint density at radius 1 is 0.900 bits per heavy atom. The monoisotopic (exact) mass is 536 g/mol. The average molecular weight is 537 g/mol. The number of hydrogen-bond donors (Lipinski definition) is 1. The van der Waals surface area contributed by atoms with E-state index in [0.29, 0.717) is 54.5 Å². The highest BCUT2D eigenvalue weighted by Crippen LogP contribution is 2.30. The van der Waals surface area contributed by atoms with Gasteiger partial charge in [0, 0.05) is 25.4 Å². The highest BCUT2D eigenvalue weighted by molar-refractivity contribution is 5.99. The Hall–Kier alpha value is -5.18. The molecule has 0 aliphatic heterocycles. The lowest BCUT2D eigenvalue weighted by molar-refractivity contribution is 0.0600. The number of carbonyl (C=O) groups is 2. The molecule has 9 heteroatoms. The number of carbonyl (C=O) groups excluding carboxylic acids is 2. The number of para-hydroxylation sites is 3. The standard InChI is InChI=1S/C31H28N4O5/c1-38-31(37)23-12-14-24(15-13-23)39-17-6-18-40-28-11-4-8-25(30(36)33-20-22-7-5-16-32-19-22)29(28)35-21-34-26-9-2-3-10-27(26)35/h2-5,7-16,19,21H,6,17-18,20H2,1H3,(H,33,36). The van der Waals surface area contributed by atoms with Crippen LogP contribution < -0.4 is 14.8 Å². The third kappa shape index (κ3) is 6.10. The van der Waals surface area contributed by atoms with Gasteiger partial charge < -0.3 is 19.5 Å². The number of benzene rings is 3. The first-order valence-electron chi connectivity index (χ1n) is 12.8. The maximum atomic E-state index is 13.4. The summed E-state index contributed by atoms with van der Waals surface area (Å²) in [6, 6.07) is 23.7. The zero-order valence-electron chi connectivity index (χ0n) is 21.9. The molecule has 202 valence electrons. The van der Waals surface area contributed by atoms with Crippen molar-refractivity contribution in [3.63, 3.8) is 0 Å². The SMILES string of the molecule is COC(=O)c1ccc(OCCCOc2cccc(C(=O)NCc3cccnc3)c2-n2cnc3ccccc32)cc1. The van der Waals surface area contributed by atoms with E-state index in [4.69, 9.17) is 14.2 Å². The lowest BCUT2D eigenvalue weighted by Gasteiger charge is -2.17. The quantitative estimate of drug-likeness (QED) is 0.187. The van der Waals surface area contributed by atoms with Crippen molar-refractivity contribution in [3.8, 4) is 17.2 Å². The topological polar surface area (TPSA) is 105 Å². The summed E-state index contributed by atoms with van der Waals surface area (Å²) in [7, 11) is 1.35. The fourth-order valence-electron chi connectivity index (χ4n) is 4.22. The van der Waals surface area contributed by atoms with Gasteiger partial charge in [-0.1, -0.05) is 24.3 Å². The van der Waals surface area contributed by atoms with Crippen LogP contribution in [0.3, 0.4) is 0 Å². The molecular formula is C31H28N4O5. The normalized spacial score (nSPS) is 10.7. The van der Waals surface area contributed by atoms with Crippen LogP contribution in [0.2, 0.25) is 0 Å². The van der Waals surface area contributed by atoms with Gasteiger partial charge in [0.1, 0.15) is 23.5 Å². The van der Waals surface area contributed by atoms with Crippen LogP contribution in [-0.2, 0) is 11.3 Å². The molecule has 0 bridgehead atoms. The third-order valence-corrected chi connectivity index (χ3v) is 6.20. The third-order valence-electron chi connectivity index (χ3n) is 6.20. The molecule has 0 atom stereocenters. The Morgan fingerprint density at radius 3 is 2.52 bits per heavy atom. The van der Waals surface area contributed by atoms with Crippen LogP contribution in [0, 0.1) is 0 Å². The van der Waals surface area contributed by atoms with E-state index in [1.54, 1.807) is 55.1 Å². The molecule has 2 heterocycles. The maximum absolute atomic E-state index is 13.4. The molecule has 0 fully saturated rings. The molecule has 9 nitrogen and oxygen atoms in total. The van der Waals surface area contributed by atoms with E-state index in [1.165, 1.54) is 7.11 Å². The Bertz CT molecular complexity index is 1600. The average Bonchev–Trinajstić information content (AvgIpc) is 3.44. The number of rotatable bonds is 11. The van der Waals surface area contributed by atoms with Crippen LogP contribution in [0.5, 0.6) is 11.5 Å². The number of esters is 1. The van der Waals surface area contributed by atoms with Crippen molar-refractivity contribution in [2.75, 3.05) is 20.3 Å². The van der Waals surface area contributed by atoms with E-state index >= 15 is 0 Å². The van der Waals surface area contributed by atoms with Crippen LogP contribution in [0.4, 0.5) is 0 Å². The summed E-state index contributed by atoms with van der Waals surface area (Å²) in [6.45, 7) is 1.12. The zero-order valence-corrected chi connectivity index (χ0v) is 21.9. The molecule has 2 aromatic heterocycles. The van der Waals surface area contributed by atoms with Crippen molar-refractivity contribution in [2.45, 2.75) is 13.0 Å². The number of amides is 1. The summed E-state index contributed by atoms with van der Waals surface area (Å²) in [5.41, 5.74) is 4.11. The van der Waals surface area contributed by atoms with Crippen molar-refractivity contribution < 1.29 is 23.8 Å². The molecule has 5 aromatic rings. The summed E-state index contributed by atoms with van der Waals surface area (Å²) in [6.07, 6.45) is 5.71. The molecule has 0 saturated carbocycles. The molecule has 0 aliphatic carbocycles. The molecule has 0 radical (unpaired) electrons. The Labute approximate surface area is 231 Å². The highest BCUT2D eigenvalue weighted by atomic mass is 16.5. The summed E-state index contributed by atoms with van der Waals surface area (Å²) < 4.78 is 18.6. The second-order valence-electron chi connectivity index (χ2n) is 8.87. The molecule has 0 unspecified atom stereocenters. The Balaban J connectivity index is 1.31. The smallest absolute Gasteiger partial charge is 0.337 e. The molecule has 0 saturated heterocycles. The fraction of sp³-hybridized carbons (Fsp3) is 0.161. The Morgan fingerprint density at radius 2 is 1.73 bits per heavy atom. The lowest BCUT2D eigenvalue weighted by Crippen LogP contribution is -2.24. The van der Waals surface area contributed by atoms with E-state index < -0.39 is 5.97 Å². The summed E-state index contributed by atoms with van der Waals surface area (Å²) in [4.78, 5) is 33.6. The zero-order chi connectivity index (χ0) is 27.7. The van der Waals surface area contributed by atoms with Crippen molar-refractivity contribution in [1.82, 2.24) is 19.9 Å². The highest BCUT2D eigenvalue weighted by Gasteiger charge is 2.19. The predicted molar refractivity (Wildman–Crippen MR) is 150 cm³/mol. The summed E-state index contributed by atoms with van der Waals surface area (Å²) >= 11 is 0. The fourth-order valence-corrected chi connectivity index (χ4v) is 4.22. The van der Waals surface area contributed by atoms with E-state index in [-0.39, 0.29) is 5.91 Å². The molecule has 0 aliphatic rings. The second kappa shape index (κ2) is 12.6. The Kier molecular flexibility index (Phi) is 8.31. The van der Waals surface area contributed by atoms with Crippen molar-refractivity contribution in [3.05, 3.63) is 114 Å². The molecule has 40 heavy (non-hydrogen) atoms. The van der Waals surface area contributed by atoms with Crippen molar-refractivity contribution in [2.24, 2.45) is 0 Å². The first kappa shape index (κ1) is 26.4. The molecule has 3 aromatic carbocycles. The van der Waals surface area contributed by atoms with Crippen molar-refractivity contribution in [1.29, 1.82) is 0 Å². The number of nitrogens with one attached hydrogen (secondary N) is 1. The molecule has 1 N–H and O–H groups in total. The van der Waals surface area contributed by atoms with Gasteiger partial charge in [-0.3, -0.25) is 14.3 Å². The number of ether oxygens (including phenoxy) is 3. The number of aromatic nitrogens is 3. The largest absolute Gasteiger partial charge is 0.493 e. The summed E-state index contributed by atoms with van der Waals surface area (Å²) in [5, 5.41) is 2.98. The maximum Gasteiger partial charge on any atom is 0.337 e. The van der Waals surface area contributed by atoms with Crippen LogP contribution in [0.1, 0.15) is 32.7 Å². The summed E-state index contributed by atoms with van der Waals surface area (Å²) in [5.74, 6) is 0.570. The first-order valence-corrected chi connectivity index (χ1v) is 12.8. The van der Waals surface area contributed by atoms with Gasteiger partial charge in [-0.05, 0) is 60.2 Å². The van der Waals surface area contributed by atoms with Gasteiger partial charge in [-0.15, -0.1) is 0 Å². The minimum absolute atomic E-state index is 0.235. The second-order valence-corrected chi connectivity index (χ2v) is 8.87. The van der Waals surface area contributed by atoms with Crippen molar-refractivity contribution >= 4 is 22.9 Å². The van der Waals surface area contributed by atoms with Gasteiger partial charge in [0.2, 0.25) is 0 Å². The van der Waals surface area contributed by atoms with Gasteiger partial charge in [-0.25, -0.2) is 9.78 Å². The first-order chi connectivity index (χ1) is 19.6. The minimum Gasteiger partial charge on any atom is -0.493 e. The van der Waals surface area contributed by atoms with Gasteiger partial charge >= 0.3 is 5.97 Å². The van der Waals surface area contributed by atoms with E-state index in [0.717, 1.165) is 16.6 Å². The van der Waals surface area contributed by atoms with Crippen LogP contribution in [0.15, 0.2) is 97.6 Å². The minimum atomic E-state index is -0.394. The van der Waals surface area contributed by atoms with E-state index in [1.807, 2.05) is 47.0 Å². The number of imidazole rings is 1. The van der Waals surface area contributed by atoms with Gasteiger partial charge in [0.25, 0.3) is 5.91 Å². The lowest BCUT2D eigenvalue weighted by atomic mass is 10.1. The molecule has 0 spiro atoms. The molecule has 1 amide bonds. The molecular weight excluding hydrogens is 508 g/mol. The number of hydrogen-bond acceptors (Lipinski definition) is 7. The number of methoxy groups -OCH3 is 1. The van der Waals surface area contributed by atoms with E-state index in [9.17, 15) is 9.59 Å². The number of pyridine rings is 1. The predicted octanol–water partition coefficient (Wildman–Crippen LogP) is 4.99. The van der Waals surface area contributed by atoms with E-state index in [2.05, 4.69) is 15.3 Å². The van der Waals surface area contributed by atoms with Gasteiger partial charge in [0.15, 0.2) is 0 Å². The van der Waals surface area contributed by atoms with Crippen LogP contribution in [-0.4, -0.2) is 46.7 Å². The van der Waals surface area contributed by atoms with Crippen LogP contribution >= 0.6 is 0 Å². The number of nitrogens with zero attached hydrogens (tertiary/aromatic N) is 3. The van der Waals surface area contributed by atoms with Crippen LogP contribution in [0.25, 0.3) is 16.7 Å². The van der Waals surface area contributed by atoms with Gasteiger partial charge in [0.05, 0.1) is 42.5 Å². The van der Waals surface area contributed by atoms with Gasteiger partial charge in [-0.2, -0.15) is 0 Å². The number of fused-ring (bicyclic) bond motifs is 1.